The zero-order chi connectivity index (χ0) is 21.1. The molecular formula is C20H18F3N3OS2. The summed E-state index contributed by atoms with van der Waals surface area (Å²) in [5.41, 5.74) is 3.72. The number of H-pyrrole nitrogens is 1. The average Bonchev–Trinajstić information content (AvgIpc) is 3.42. The van der Waals surface area contributed by atoms with Crippen molar-refractivity contribution >= 4 is 30.1 Å². The highest BCUT2D eigenvalue weighted by molar-refractivity contribution is 8.00. The Balaban J connectivity index is 0.000000431. The van der Waals surface area contributed by atoms with Crippen LogP contribution in [0, 0.1) is 0 Å². The molecule has 0 bridgehead atoms. The first-order valence-electron chi connectivity index (χ1n) is 8.66. The van der Waals surface area contributed by atoms with Crippen LogP contribution >= 0.6 is 24.4 Å². The van der Waals surface area contributed by atoms with E-state index in [1.54, 1.807) is 17.8 Å². The molecule has 0 unspecified atom stereocenters. The van der Waals surface area contributed by atoms with Gasteiger partial charge in [-0.3, -0.25) is 4.79 Å². The number of thiol groups is 1. The van der Waals surface area contributed by atoms with Crippen molar-refractivity contribution in [1.29, 1.82) is 0 Å². The number of halogens is 3. The number of hydrogen-bond acceptors (Lipinski definition) is 5. The number of rotatable bonds is 4. The van der Waals surface area contributed by atoms with E-state index in [2.05, 4.69) is 29.7 Å². The zero-order valence-corrected chi connectivity index (χ0v) is 16.8. The highest BCUT2D eigenvalue weighted by Crippen LogP contribution is 2.58. The first-order chi connectivity index (χ1) is 13.6. The number of hydrogen-bond donors (Lipinski definition) is 3. The third kappa shape index (κ3) is 6.30. The molecule has 1 heterocycles. The van der Waals surface area contributed by atoms with Crippen molar-refractivity contribution in [3.05, 3.63) is 76.7 Å². The fourth-order valence-electron chi connectivity index (χ4n) is 2.71. The minimum atomic E-state index is -4.31. The Kier molecular flexibility index (Phi) is 6.28. The third-order valence-corrected chi connectivity index (χ3v) is 5.67. The van der Waals surface area contributed by atoms with E-state index in [1.807, 2.05) is 42.5 Å². The number of aromatic nitrogens is 2. The molecule has 3 aromatic rings. The Morgan fingerprint density at radius 1 is 1.07 bits per heavy atom. The van der Waals surface area contributed by atoms with Gasteiger partial charge in [-0.25, -0.2) is 4.98 Å². The summed E-state index contributed by atoms with van der Waals surface area (Å²) in [4.78, 5) is 20.9. The molecule has 0 amide bonds. The van der Waals surface area contributed by atoms with Crippen molar-refractivity contribution in [2.45, 2.75) is 28.0 Å². The number of thioether (sulfide) groups is 1. The molecule has 1 saturated carbocycles. The van der Waals surface area contributed by atoms with E-state index in [-0.39, 0.29) is 10.3 Å². The molecule has 1 aliphatic rings. The molecule has 9 heteroatoms. The molecule has 1 fully saturated rings. The number of nitrogen functional groups attached to an aromatic ring is 1. The van der Waals surface area contributed by atoms with Crippen molar-refractivity contribution in [3.8, 4) is 11.4 Å². The fourth-order valence-corrected chi connectivity index (χ4v) is 3.97. The molecule has 4 rings (SSSR count). The van der Waals surface area contributed by atoms with Gasteiger partial charge in [0.15, 0.2) is 0 Å². The number of alkyl halides is 3. The van der Waals surface area contributed by atoms with Crippen LogP contribution in [0.5, 0.6) is 0 Å². The summed E-state index contributed by atoms with van der Waals surface area (Å²) in [6.45, 7) is 0. The Morgan fingerprint density at radius 2 is 1.66 bits per heavy atom. The summed E-state index contributed by atoms with van der Waals surface area (Å²) in [7, 11) is 0. The van der Waals surface area contributed by atoms with Crippen molar-refractivity contribution in [2.24, 2.45) is 0 Å². The highest BCUT2D eigenvalue weighted by Gasteiger charge is 2.47. The fraction of sp³-hybridized carbons (Fsp3) is 0.200. The lowest BCUT2D eigenvalue weighted by atomic mass is 10.2. The van der Waals surface area contributed by atoms with E-state index in [9.17, 15) is 18.0 Å². The van der Waals surface area contributed by atoms with Crippen LogP contribution in [0.4, 0.5) is 18.9 Å². The van der Waals surface area contributed by atoms with Gasteiger partial charge < -0.3 is 10.7 Å². The molecule has 3 N–H and O–H groups in total. The van der Waals surface area contributed by atoms with Crippen molar-refractivity contribution < 1.29 is 13.2 Å². The van der Waals surface area contributed by atoms with Crippen LogP contribution in [0.1, 0.15) is 18.5 Å². The van der Waals surface area contributed by atoms with Gasteiger partial charge in [0.1, 0.15) is 5.82 Å². The smallest absolute Gasteiger partial charge is 0.399 e. The summed E-state index contributed by atoms with van der Waals surface area (Å²) < 4.78 is 30.6. The lowest BCUT2D eigenvalue weighted by Gasteiger charge is -2.15. The molecule has 0 atom stereocenters. The van der Waals surface area contributed by atoms with Gasteiger partial charge in [-0.1, -0.05) is 30.8 Å². The van der Waals surface area contributed by atoms with Crippen LogP contribution < -0.4 is 11.3 Å². The summed E-state index contributed by atoms with van der Waals surface area (Å²) in [5.74, 6) is 0.595. The molecule has 0 radical (unpaired) electrons. The predicted octanol–water partition coefficient (Wildman–Crippen LogP) is 5.24. The third-order valence-electron chi connectivity index (χ3n) is 4.15. The normalized spacial score (nSPS) is 14.6. The van der Waals surface area contributed by atoms with E-state index < -0.39 is 5.51 Å². The number of nitrogens with zero attached hydrogens (tertiary/aromatic N) is 1. The molecule has 1 aromatic heterocycles. The van der Waals surface area contributed by atoms with Crippen LogP contribution in [-0.2, 0) is 4.75 Å². The van der Waals surface area contributed by atoms with E-state index in [0.29, 0.717) is 11.5 Å². The minimum absolute atomic E-state index is 0.0851. The van der Waals surface area contributed by atoms with Crippen molar-refractivity contribution in [1.82, 2.24) is 9.97 Å². The highest BCUT2D eigenvalue weighted by atomic mass is 32.2. The summed E-state index contributed by atoms with van der Waals surface area (Å²) in [5, 5.41) is 0. The van der Waals surface area contributed by atoms with Crippen molar-refractivity contribution in [3.63, 3.8) is 0 Å². The first kappa shape index (κ1) is 21.3. The monoisotopic (exact) mass is 437 g/mol. The lowest BCUT2D eigenvalue weighted by Crippen LogP contribution is -2.15. The van der Waals surface area contributed by atoms with E-state index in [4.69, 9.17) is 10.7 Å². The van der Waals surface area contributed by atoms with E-state index in [1.165, 1.54) is 4.90 Å². The molecule has 29 heavy (non-hydrogen) atoms. The Labute approximate surface area is 175 Å². The SMILES string of the molecule is FC(F)(F)S.Nc1ccc(-c2nc(C3(Sc4ccccc4)CC3)cc(=O)[nH]2)cc1. The lowest BCUT2D eigenvalue weighted by molar-refractivity contribution is -0.0303. The van der Waals surface area contributed by atoms with Gasteiger partial charge in [0.25, 0.3) is 5.56 Å². The molecule has 2 aromatic carbocycles. The average molecular weight is 438 g/mol. The first-order valence-corrected chi connectivity index (χ1v) is 9.92. The maximum absolute atomic E-state index is 12.1. The van der Waals surface area contributed by atoms with Crippen LogP contribution in [0.15, 0.2) is 70.4 Å². The molecule has 152 valence electrons. The largest absolute Gasteiger partial charge is 0.438 e. The number of nitrogens with two attached hydrogens (primary N) is 1. The number of nitrogens with one attached hydrogen (secondary N) is 1. The second-order valence-electron chi connectivity index (χ2n) is 6.48. The Morgan fingerprint density at radius 3 is 2.21 bits per heavy atom. The van der Waals surface area contributed by atoms with Crippen molar-refractivity contribution in [2.75, 3.05) is 5.73 Å². The van der Waals surface area contributed by atoms with Crippen LogP contribution in [0.3, 0.4) is 0 Å². The van der Waals surface area contributed by atoms with E-state index >= 15 is 0 Å². The maximum Gasteiger partial charge on any atom is 0.438 e. The predicted molar refractivity (Wildman–Crippen MR) is 113 cm³/mol. The summed E-state index contributed by atoms with van der Waals surface area (Å²) in [6.07, 6.45) is 2.06. The van der Waals surface area contributed by atoms with Crippen LogP contribution in [-0.4, -0.2) is 15.5 Å². The molecular weight excluding hydrogens is 419 g/mol. The van der Waals surface area contributed by atoms with Gasteiger partial charge in [0, 0.05) is 22.2 Å². The van der Waals surface area contributed by atoms with Crippen LogP contribution in [0.25, 0.3) is 11.4 Å². The standard InChI is InChI=1S/C19H17N3OS.CHF3S/c20-14-8-6-13(7-9-14)18-21-16(12-17(23)22-18)19(10-11-19)24-15-4-2-1-3-5-15;2-1(3,4)5/h1-9,12H,10-11,20H2,(H,21,22,23);5H. The summed E-state index contributed by atoms with van der Waals surface area (Å²) >= 11 is 3.91. The second-order valence-corrected chi connectivity index (χ2v) is 8.44. The van der Waals surface area contributed by atoms with Gasteiger partial charge in [0.2, 0.25) is 0 Å². The maximum atomic E-state index is 12.1. The van der Waals surface area contributed by atoms with Gasteiger partial charge >= 0.3 is 5.51 Å². The Hall–Kier alpha value is -2.39. The number of aromatic amines is 1. The quantitative estimate of drug-likeness (QED) is 0.386. The molecule has 4 nitrogen and oxygen atoms in total. The topological polar surface area (TPSA) is 71.8 Å². The van der Waals surface area contributed by atoms with Gasteiger partial charge in [-0.15, -0.1) is 11.8 Å². The van der Waals surface area contributed by atoms with Crippen LogP contribution in [0.2, 0.25) is 0 Å². The zero-order valence-electron chi connectivity index (χ0n) is 15.1. The molecule has 0 spiro atoms. The molecule has 1 aliphatic carbocycles. The number of benzene rings is 2. The molecule has 0 aliphatic heterocycles. The number of anilines is 1. The van der Waals surface area contributed by atoms with E-state index in [0.717, 1.165) is 24.1 Å². The molecule has 0 saturated heterocycles. The van der Waals surface area contributed by atoms with Gasteiger partial charge in [-0.05, 0) is 49.2 Å². The minimum Gasteiger partial charge on any atom is -0.399 e. The van der Waals surface area contributed by atoms with Gasteiger partial charge in [-0.2, -0.15) is 13.2 Å². The Bertz CT molecular complexity index is 1010. The van der Waals surface area contributed by atoms with Gasteiger partial charge in [0.05, 0.1) is 10.4 Å². The summed E-state index contributed by atoms with van der Waals surface area (Å²) in [6, 6.07) is 19.3. The second kappa shape index (κ2) is 8.54.